The van der Waals surface area contributed by atoms with Crippen LogP contribution in [0, 0.1) is 0 Å². The van der Waals surface area contributed by atoms with Crippen LogP contribution in [0.1, 0.15) is 0 Å². The molecule has 0 saturated carbocycles. The molecule has 6 heteroatoms. The molecule has 1 heterocycles. The highest BCUT2D eigenvalue weighted by atomic mass is 16.5. The van der Waals surface area contributed by atoms with Gasteiger partial charge in [-0.15, -0.1) is 0 Å². The van der Waals surface area contributed by atoms with Crippen LogP contribution in [0.4, 0.5) is 0 Å². The molecule has 112 valence electrons. The first kappa shape index (κ1) is 13.8. The number of benzene rings is 2. The van der Waals surface area contributed by atoms with Crippen LogP contribution in [0.15, 0.2) is 45.8 Å². The van der Waals surface area contributed by atoms with E-state index in [0.717, 1.165) is 0 Å². The van der Waals surface area contributed by atoms with Crippen molar-refractivity contribution >= 4 is 11.0 Å². The van der Waals surface area contributed by atoms with Gasteiger partial charge in [-0.25, -0.2) is 0 Å². The van der Waals surface area contributed by atoms with Crippen molar-refractivity contribution in [1.82, 2.24) is 0 Å². The standard InChI is InChI=1S/C16H12O6/c1-21-16-12(18)4-8(5-13(16)19)11-7-22-14-6-9(17)2-3-10(14)15(11)20/h2-7,17-19H,1H3. The van der Waals surface area contributed by atoms with Gasteiger partial charge in [-0.2, -0.15) is 0 Å². The van der Waals surface area contributed by atoms with Crippen LogP contribution in [0.5, 0.6) is 23.0 Å². The fourth-order valence-electron chi connectivity index (χ4n) is 2.28. The largest absolute Gasteiger partial charge is 0.508 e. The fraction of sp³-hybridized carbons (Fsp3) is 0.0625. The average Bonchev–Trinajstić information content (AvgIpc) is 2.47. The van der Waals surface area contributed by atoms with Crippen molar-refractivity contribution in [3.05, 3.63) is 46.8 Å². The van der Waals surface area contributed by atoms with Crippen LogP contribution in [-0.2, 0) is 0 Å². The number of phenolic OH excluding ortho intramolecular Hbond substituents is 3. The van der Waals surface area contributed by atoms with Crippen molar-refractivity contribution in [3.63, 3.8) is 0 Å². The first-order valence-electron chi connectivity index (χ1n) is 6.36. The van der Waals surface area contributed by atoms with Crippen molar-refractivity contribution in [3.8, 4) is 34.1 Å². The molecular weight excluding hydrogens is 288 g/mol. The van der Waals surface area contributed by atoms with Crippen LogP contribution < -0.4 is 10.2 Å². The summed E-state index contributed by atoms with van der Waals surface area (Å²) in [6.07, 6.45) is 1.21. The molecule has 3 N–H and O–H groups in total. The molecule has 0 spiro atoms. The van der Waals surface area contributed by atoms with Gasteiger partial charge in [0.2, 0.25) is 5.75 Å². The van der Waals surface area contributed by atoms with Gasteiger partial charge in [0.25, 0.3) is 0 Å². The van der Waals surface area contributed by atoms with Gasteiger partial charge < -0.3 is 24.5 Å². The lowest BCUT2D eigenvalue weighted by Crippen LogP contribution is -2.04. The van der Waals surface area contributed by atoms with Gasteiger partial charge >= 0.3 is 0 Å². The topological polar surface area (TPSA) is 100 Å². The van der Waals surface area contributed by atoms with Gasteiger partial charge in [0, 0.05) is 6.07 Å². The van der Waals surface area contributed by atoms with Crippen molar-refractivity contribution in [1.29, 1.82) is 0 Å². The van der Waals surface area contributed by atoms with Crippen LogP contribution in [0.3, 0.4) is 0 Å². The summed E-state index contributed by atoms with van der Waals surface area (Å²) in [7, 11) is 1.31. The third kappa shape index (κ3) is 2.10. The zero-order chi connectivity index (χ0) is 15.9. The van der Waals surface area contributed by atoms with E-state index in [4.69, 9.17) is 9.15 Å². The Balaban J connectivity index is 2.25. The Kier molecular flexibility index (Phi) is 3.14. The number of phenols is 3. The normalized spacial score (nSPS) is 10.8. The summed E-state index contributed by atoms with van der Waals surface area (Å²) in [6, 6.07) is 6.77. The summed E-state index contributed by atoms with van der Waals surface area (Å²) in [5.41, 5.74) is 0.367. The maximum atomic E-state index is 12.5. The second kappa shape index (κ2) is 5.00. The maximum Gasteiger partial charge on any atom is 0.202 e. The molecule has 0 bridgehead atoms. The minimum Gasteiger partial charge on any atom is -0.508 e. The van der Waals surface area contributed by atoms with Crippen molar-refractivity contribution in [2.24, 2.45) is 0 Å². The van der Waals surface area contributed by atoms with Gasteiger partial charge in [0.05, 0.1) is 18.1 Å². The Morgan fingerprint density at radius 1 is 1.05 bits per heavy atom. The van der Waals surface area contributed by atoms with Crippen molar-refractivity contribution in [2.75, 3.05) is 7.11 Å². The van der Waals surface area contributed by atoms with Gasteiger partial charge in [-0.05, 0) is 29.8 Å². The van der Waals surface area contributed by atoms with Crippen LogP contribution in [0.25, 0.3) is 22.1 Å². The first-order chi connectivity index (χ1) is 10.5. The van der Waals surface area contributed by atoms with E-state index in [9.17, 15) is 20.1 Å². The van der Waals surface area contributed by atoms with E-state index in [1.165, 1.54) is 43.7 Å². The van der Waals surface area contributed by atoms with E-state index in [0.29, 0.717) is 5.56 Å². The summed E-state index contributed by atoms with van der Waals surface area (Å²) in [5.74, 6) is -0.660. The van der Waals surface area contributed by atoms with E-state index >= 15 is 0 Å². The van der Waals surface area contributed by atoms with E-state index in [1.807, 2.05) is 0 Å². The molecule has 3 aromatic rings. The van der Waals surface area contributed by atoms with Gasteiger partial charge in [-0.1, -0.05) is 0 Å². The zero-order valence-electron chi connectivity index (χ0n) is 11.5. The molecule has 22 heavy (non-hydrogen) atoms. The molecular formula is C16H12O6. The number of aromatic hydroxyl groups is 3. The Labute approximate surface area is 124 Å². The molecule has 0 unspecified atom stereocenters. The van der Waals surface area contributed by atoms with Gasteiger partial charge in [-0.3, -0.25) is 4.79 Å². The molecule has 0 aliphatic heterocycles. The molecule has 6 nitrogen and oxygen atoms in total. The molecule has 0 aliphatic carbocycles. The molecule has 2 aromatic carbocycles. The van der Waals surface area contributed by atoms with Crippen molar-refractivity contribution in [2.45, 2.75) is 0 Å². The zero-order valence-corrected chi connectivity index (χ0v) is 11.5. The number of methoxy groups -OCH3 is 1. The lowest BCUT2D eigenvalue weighted by atomic mass is 10.0. The minimum absolute atomic E-state index is 0.0110. The second-order valence-corrected chi connectivity index (χ2v) is 4.71. The monoisotopic (exact) mass is 300 g/mol. The third-order valence-corrected chi connectivity index (χ3v) is 3.32. The molecule has 0 saturated heterocycles. The van der Waals surface area contributed by atoms with Crippen molar-refractivity contribution < 1.29 is 24.5 Å². The summed E-state index contributed by atoms with van der Waals surface area (Å²) < 4.78 is 10.2. The Hall–Kier alpha value is -3.15. The number of hydrogen-bond donors (Lipinski definition) is 3. The molecule has 0 aliphatic rings. The smallest absolute Gasteiger partial charge is 0.202 e. The fourth-order valence-corrected chi connectivity index (χ4v) is 2.28. The Bertz CT molecular complexity index is 903. The third-order valence-electron chi connectivity index (χ3n) is 3.32. The molecule has 0 radical (unpaired) electrons. The average molecular weight is 300 g/mol. The quantitative estimate of drug-likeness (QED) is 0.672. The van der Waals surface area contributed by atoms with Gasteiger partial charge in [0.15, 0.2) is 16.9 Å². The van der Waals surface area contributed by atoms with Crippen LogP contribution >= 0.6 is 0 Å². The van der Waals surface area contributed by atoms with Gasteiger partial charge in [0.1, 0.15) is 17.6 Å². The van der Waals surface area contributed by atoms with Crippen LogP contribution in [0.2, 0.25) is 0 Å². The number of fused-ring (bicyclic) bond motifs is 1. The van der Waals surface area contributed by atoms with E-state index in [-0.39, 0.29) is 45.0 Å². The SMILES string of the molecule is COc1c(O)cc(-c2coc3cc(O)ccc3c2=O)cc1O. The highest BCUT2D eigenvalue weighted by Gasteiger charge is 2.15. The summed E-state index contributed by atoms with van der Waals surface area (Å²) >= 11 is 0. The summed E-state index contributed by atoms with van der Waals surface area (Å²) in [5, 5.41) is 29.3. The molecule has 0 amide bonds. The second-order valence-electron chi connectivity index (χ2n) is 4.71. The molecule has 0 atom stereocenters. The lowest BCUT2D eigenvalue weighted by molar-refractivity contribution is 0.345. The lowest BCUT2D eigenvalue weighted by Gasteiger charge is -2.09. The first-order valence-corrected chi connectivity index (χ1v) is 6.36. The number of ether oxygens (including phenoxy) is 1. The predicted octanol–water partition coefficient (Wildman–Crippen LogP) is 2.59. The summed E-state index contributed by atoms with van der Waals surface area (Å²) in [4.78, 5) is 12.5. The highest BCUT2D eigenvalue weighted by Crippen LogP contribution is 2.39. The Morgan fingerprint density at radius 2 is 1.73 bits per heavy atom. The predicted molar refractivity (Wildman–Crippen MR) is 79.5 cm³/mol. The minimum atomic E-state index is -0.342. The van der Waals surface area contributed by atoms with E-state index < -0.39 is 0 Å². The maximum absolute atomic E-state index is 12.5. The Morgan fingerprint density at radius 3 is 2.36 bits per heavy atom. The number of hydrogen-bond acceptors (Lipinski definition) is 6. The molecule has 0 fully saturated rings. The highest BCUT2D eigenvalue weighted by molar-refractivity contribution is 5.83. The molecule has 1 aromatic heterocycles. The summed E-state index contributed by atoms with van der Waals surface area (Å²) in [6.45, 7) is 0. The molecule has 3 rings (SSSR count). The van der Waals surface area contributed by atoms with E-state index in [2.05, 4.69) is 0 Å². The van der Waals surface area contributed by atoms with Crippen LogP contribution in [-0.4, -0.2) is 22.4 Å². The number of rotatable bonds is 2. The van der Waals surface area contributed by atoms with E-state index in [1.54, 1.807) is 0 Å².